The molecule has 1 aliphatic rings. The zero-order valence-electron chi connectivity index (χ0n) is 18.4. The molecule has 0 radical (unpaired) electrons. The molecule has 1 aliphatic heterocycles. The fraction of sp³-hybridized carbons (Fsp3) is 0.409. The highest BCUT2D eigenvalue weighted by atomic mass is 19.4. The van der Waals surface area contributed by atoms with Crippen LogP contribution in [0, 0.1) is 13.8 Å². The molecule has 2 aromatic rings. The Labute approximate surface area is 188 Å². The smallest absolute Gasteiger partial charge is 0.416 e. The topological polar surface area (TPSA) is 91.9 Å². The number of anilines is 1. The van der Waals surface area contributed by atoms with Crippen molar-refractivity contribution in [1.29, 1.82) is 0 Å². The average molecular weight is 467 g/mol. The lowest BCUT2D eigenvalue weighted by Gasteiger charge is -2.36. The van der Waals surface area contributed by atoms with Gasteiger partial charge in [0, 0.05) is 37.6 Å². The fourth-order valence-corrected chi connectivity index (χ4v) is 3.75. The predicted molar refractivity (Wildman–Crippen MR) is 112 cm³/mol. The van der Waals surface area contributed by atoms with E-state index in [9.17, 15) is 27.6 Å². The number of rotatable bonds is 5. The number of piperazine rings is 1. The summed E-state index contributed by atoms with van der Waals surface area (Å²) < 4.78 is 48.6. The summed E-state index contributed by atoms with van der Waals surface area (Å²) in [7, 11) is 1.23. The third-order valence-electron chi connectivity index (χ3n) is 5.53. The Hall–Kier alpha value is -3.50. The monoisotopic (exact) mass is 467 g/mol. The summed E-state index contributed by atoms with van der Waals surface area (Å²) in [6, 6.07) is 5.05. The second kappa shape index (κ2) is 9.55. The number of H-pyrrole nitrogens is 1. The van der Waals surface area contributed by atoms with Crippen LogP contribution in [0.2, 0.25) is 0 Å². The van der Waals surface area contributed by atoms with E-state index in [1.165, 1.54) is 18.1 Å². The van der Waals surface area contributed by atoms with Crippen LogP contribution in [0.4, 0.5) is 18.9 Å². The Morgan fingerprint density at radius 1 is 1.06 bits per heavy atom. The first kappa shape index (κ1) is 24.1. The van der Waals surface area contributed by atoms with Crippen molar-refractivity contribution in [3.8, 4) is 0 Å². The van der Waals surface area contributed by atoms with Crippen LogP contribution >= 0.6 is 0 Å². The van der Waals surface area contributed by atoms with Crippen molar-refractivity contribution < 1.29 is 37.0 Å². The summed E-state index contributed by atoms with van der Waals surface area (Å²) in [6.07, 6.45) is -4.43. The molecular weight excluding hydrogens is 443 g/mol. The van der Waals surface area contributed by atoms with E-state index in [0.717, 1.165) is 12.1 Å². The molecule has 1 amide bonds. The van der Waals surface area contributed by atoms with Gasteiger partial charge in [-0.05, 0) is 37.6 Å². The maximum Gasteiger partial charge on any atom is 0.416 e. The van der Waals surface area contributed by atoms with Crippen LogP contribution in [0.5, 0.6) is 0 Å². The van der Waals surface area contributed by atoms with Crippen molar-refractivity contribution in [2.45, 2.75) is 20.0 Å². The first-order valence-corrected chi connectivity index (χ1v) is 10.2. The van der Waals surface area contributed by atoms with Crippen molar-refractivity contribution in [3.05, 3.63) is 52.3 Å². The Balaban J connectivity index is 1.55. The molecule has 1 saturated heterocycles. The maximum absolute atomic E-state index is 12.9. The van der Waals surface area contributed by atoms with Crippen LogP contribution < -0.4 is 4.90 Å². The third-order valence-corrected chi connectivity index (χ3v) is 5.53. The second-order valence-corrected chi connectivity index (χ2v) is 7.61. The van der Waals surface area contributed by atoms with E-state index in [2.05, 4.69) is 4.98 Å². The van der Waals surface area contributed by atoms with Crippen LogP contribution in [0.15, 0.2) is 24.3 Å². The minimum absolute atomic E-state index is 0.0649. The molecule has 0 atom stereocenters. The van der Waals surface area contributed by atoms with Gasteiger partial charge in [0.1, 0.15) is 5.69 Å². The highest BCUT2D eigenvalue weighted by Gasteiger charge is 2.31. The van der Waals surface area contributed by atoms with E-state index in [1.54, 1.807) is 24.8 Å². The van der Waals surface area contributed by atoms with Gasteiger partial charge < -0.3 is 24.3 Å². The maximum atomic E-state index is 12.9. The van der Waals surface area contributed by atoms with Gasteiger partial charge >= 0.3 is 18.1 Å². The average Bonchev–Trinajstić information content (AvgIpc) is 3.10. The minimum atomic E-state index is -4.43. The summed E-state index contributed by atoms with van der Waals surface area (Å²) in [5.41, 5.74) is 0.823. The number of aromatic nitrogens is 1. The lowest BCUT2D eigenvalue weighted by molar-refractivity contribution is -0.137. The Morgan fingerprint density at radius 3 is 2.33 bits per heavy atom. The molecule has 33 heavy (non-hydrogen) atoms. The number of nitrogens with one attached hydrogen (secondary N) is 1. The summed E-state index contributed by atoms with van der Waals surface area (Å²) in [5.74, 6) is -1.78. The van der Waals surface area contributed by atoms with Crippen LogP contribution in [-0.4, -0.2) is 67.6 Å². The van der Waals surface area contributed by atoms with E-state index in [-0.39, 0.29) is 24.3 Å². The molecule has 0 spiro atoms. The minimum Gasteiger partial charge on any atom is -0.465 e. The SMILES string of the molecule is COC(=O)c1c(C)[nH]c(C(=O)OCC(=O)N2CCN(c3cccc(C(F)(F)F)c3)CC2)c1C. The summed E-state index contributed by atoms with van der Waals surface area (Å²) >= 11 is 0. The third kappa shape index (κ3) is 5.29. The molecule has 0 saturated carbocycles. The van der Waals surface area contributed by atoms with Crippen LogP contribution in [0.25, 0.3) is 0 Å². The van der Waals surface area contributed by atoms with E-state index in [0.29, 0.717) is 30.0 Å². The molecule has 1 aromatic carbocycles. The number of alkyl halides is 3. The molecular formula is C22H24F3N3O5. The standard InChI is InChI=1S/C22H24F3N3O5/c1-13-18(20(30)32-3)14(2)26-19(13)21(31)33-12-17(29)28-9-7-27(8-10-28)16-6-4-5-15(11-16)22(23,24)25/h4-6,11,26H,7-10,12H2,1-3H3. The number of nitrogens with zero attached hydrogens (tertiary/aromatic N) is 2. The van der Waals surface area contributed by atoms with Gasteiger partial charge in [-0.25, -0.2) is 9.59 Å². The van der Waals surface area contributed by atoms with Gasteiger partial charge in [-0.2, -0.15) is 13.2 Å². The first-order chi connectivity index (χ1) is 15.5. The quantitative estimate of drug-likeness (QED) is 0.680. The number of benzene rings is 1. The van der Waals surface area contributed by atoms with Crippen molar-refractivity contribution >= 4 is 23.5 Å². The zero-order chi connectivity index (χ0) is 24.3. The fourth-order valence-electron chi connectivity index (χ4n) is 3.75. The summed E-state index contributed by atoms with van der Waals surface area (Å²) in [4.78, 5) is 42.8. The second-order valence-electron chi connectivity index (χ2n) is 7.61. The molecule has 8 nitrogen and oxygen atoms in total. The van der Waals surface area contributed by atoms with Crippen LogP contribution in [0.1, 0.15) is 37.7 Å². The van der Waals surface area contributed by atoms with E-state index in [1.807, 2.05) is 0 Å². The van der Waals surface area contributed by atoms with Crippen molar-refractivity contribution in [1.82, 2.24) is 9.88 Å². The predicted octanol–water partition coefficient (Wildman–Crippen LogP) is 2.94. The van der Waals surface area contributed by atoms with E-state index < -0.39 is 36.2 Å². The summed E-state index contributed by atoms with van der Waals surface area (Å²) in [5, 5.41) is 0. The zero-order valence-corrected chi connectivity index (χ0v) is 18.4. The number of hydrogen-bond donors (Lipinski definition) is 1. The van der Waals surface area contributed by atoms with Crippen molar-refractivity contribution in [2.75, 3.05) is 44.8 Å². The number of hydrogen-bond acceptors (Lipinski definition) is 6. The number of aryl methyl sites for hydroxylation is 1. The van der Waals surface area contributed by atoms with Gasteiger partial charge in [-0.1, -0.05) is 6.07 Å². The lowest BCUT2D eigenvalue weighted by Crippen LogP contribution is -2.50. The number of aromatic amines is 1. The number of carbonyl (C=O) groups excluding carboxylic acids is 3. The number of ether oxygens (including phenoxy) is 2. The van der Waals surface area contributed by atoms with Gasteiger partial charge in [0.25, 0.3) is 5.91 Å². The number of carbonyl (C=O) groups is 3. The normalized spacial score (nSPS) is 14.2. The molecule has 0 unspecified atom stereocenters. The molecule has 3 rings (SSSR count). The molecule has 2 heterocycles. The number of methoxy groups -OCH3 is 1. The van der Waals surface area contributed by atoms with Gasteiger partial charge in [-0.15, -0.1) is 0 Å². The highest BCUT2D eigenvalue weighted by molar-refractivity contribution is 5.99. The molecule has 1 N–H and O–H groups in total. The van der Waals surface area contributed by atoms with Crippen LogP contribution in [0.3, 0.4) is 0 Å². The van der Waals surface area contributed by atoms with Gasteiger partial charge in [-0.3, -0.25) is 4.79 Å². The molecule has 1 fully saturated rings. The Kier molecular flexibility index (Phi) is 6.99. The lowest BCUT2D eigenvalue weighted by atomic mass is 10.1. The number of halogens is 3. The Bertz CT molecular complexity index is 1060. The molecule has 11 heteroatoms. The molecule has 0 bridgehead atoms. The van der Waals surface area contributed by atoms with Crippen molar-refractivity contribution in [2.24, 2.45) is 0 Å². The Morgan fingerprint density at radius 2 is 1.73 bits per heavy atom. The van der Waals surface area contributed by atoms with E-state index >= 15 is 0 Å². The molecule has 1 aromatic heterocycles. The molecule has 0 aliphatic carbocycles. The van der Waals surface area contributed by atoms with E-state index in [4.69, 9.17) is 9.47 Å². The molecule has 178 valence electrons. The summed E-state index contributed by atoms with van der Waals surface area (Å²) in [6.45, 7) is 3.94. The van der Waals surface area contributed by atoms with Gasteiger partial charge in [0.15, 0.2) is 6.61 Å². The van der Waals surface area contributed by atoms with Crippen molar-refractivity contribution in [3.63, 3.8) is 0 Å². The number of amides is 1. The highest BCUT2D eigenvalue weighted by Crippen LogP contribution is 2.32. The first-order valence-electron chi connectivity index (χ1n) is 10.2. The number of esters is 2. The van der Waals surface area contributed by atoms with Crippen LogP contribution in [-0.2, 0) is 20.4 Å². The largest absolute Gasteiger partial charge is 0.465 e. The van der Waals surface area contributed by atoms with Gasteiger partial charge in [0.2, 0.25) is 0 Å². The van der Waals surface area contributed by atoms with Gasteiger partial charge in [0.05, 0.1) is 18.2 Å².